The Morgan fingerprint density at radius 3 is 2.20 bits per heavy atom. The van der Waals surface area contributed by atoms with Crippen LogP contribution in [0.4, 0.5) is 11.4 Å². The topological polar surface area (TPSA) is 86.3 Å². The lowest BCUT2D eigenvalue weighted by Gasteiger charge is -1.99. The molecule has 1 rings (SSSR count). The fourth-order valence-electron chi connectivity index (χ4n) is 1.31. The van der Waals surface area contributed by atoms with E-state index in [4.69, 9.17) is 0 Å². The second-order valence-corrected chi connectivity index (χ2v) is 3.09. The maximum absolute atomic E-state index is 10.6. The molecule has 80 valence electrons. The first-order valence-electron chi connectivity index (χ1n) is 4.48. The number of rotatable bonds is 4. The Bertz CT molecular complexity index is 403. The summed E-state index contributed by atoms with van der Waals surface area (Å²) in [7, 11) is 0. The van der Waals surface area contributed by atoms with Crippen molar-refractivity contribution in [1.29, 1.82) is 0 Å². The molecule has 0 spiro atoms. The minimum absolute atomic E-state index is 0.439. The van der Waals surface area contributed by atoms with Gasteiger partial charge >= 0.3 is 11.4 Å². The zero-order valence-corrected chi connectivity index (χ0v) is 8.17. The van der Waals surface area contributed by atoms with E-state index in [-0.39, 0.29) is 0 Å². The van der Waals surface area contributed by atoms with Crippen LogP contribution >= 0.6 is 0 Å². The highest BCUT2D eigenvalue weighted by atomic mass is 16.6. The van der Waals surface area contributed by atoms with Crippen LogP contribution in [-0.2, 0) is 6.42 Å². The molecule has 1 aromatic rings. The van der Waals surface area contributed by atoms with Gasteiger partial charge in [0.1, 0.15) is 0 Å². The van der Waals surface area contributed by atoms with Crippen LogP contribution in [0.25, 0.3) is 0 Å². The molecule has 0 fully saturated rings. The molecule has 0 aliphatic rings. The summed E-state index contributed by atoms with van der Waals surface area (Å²) in [4.78, 5) is 19.6. The predicted molar refractivity (Wildman–Crippen MR) is 53.7 cm³/mol. The maximum atomic E-state index is 10.6. The molecule has 0 aliphatic carbocycles. The van der Waals surface area contributed by atoms with Crippen molar-refractivity contribution >= 4 is 11.4 Å². The van der Waals surface area contributed by atoms with Crippen molar-refractivity contribution in [1.82, 2.24) is 0 Å². The fourth-order valence-corrected chi connectivity index (χ4v) is 1.31. The van der Waals surface area contributed by atoms with Gasteiger partial charge in [-0.3, -0.25) is 20.2 Å². The van der Waals surface area contributed by atoms with Gasteiger partial charge in [-0.25, -0.2) is 0 Å². The summed E-state index contributed by atoms with van der Waals surface area (Å²) >= 11 is 0. The molecule has 0 saturated carbocycles. The Hall–Kier alpha value is -1.98. The molecule has 1 aromatic carbocycles. The molecule has 0 aliphatic heterocycles. The maximum Gasteiger partial charge on any atom is 0.346 e. The third kappa shape index (κ3) is 2.49. The van der Waals surface area contributed by atoms with E-state index >= 15 is 0 Å². The summed E-state index contributed by atoms with van der Waals surface area (Å²) in [5, 5.41) is 21.1. The third-order valence-corrected chi connectivity index (χ3v) is 1.97. The van der Waals surface area contributed by atoms with Crippen LogP contribution in [0.15, 0.2) is 18.2 Å². The normalized spacial score (nSPS) is 9.93. The molecule has 0 saturated heterocycles. The largest absolute Gasteiger partial charge is 0.346 e. The van der Waals surface area contributed by atoms with Crippen LogP contribution in [0.3, 0.4) is 0 Å². The molecular weight excluding hydrogens is 200 g/mol. The molecular formula is C9H10N2O4. The SMILES string of the molecule is CCCc1ccc([N+](=O)[O-])c([N+](=O)[O-])c1. The van der Waals surface area contributed by atoms with Gasteiger partial charge in [0.05, 0.1) is 9.85 Å². The lowest BCUT2D eigenvalue weighted by molar-refractivity contribution is -0.422. The highest BCUT2D eigenvalue weighted by Gasteiger charge is 2.23. The Balaban J connectivity index is 3.21. The highest BCUT2D eigenvalue weighted by molar-refractivity contribution is 5.54. The molecule has 0 aromatic heterocycles. The number of benzene rings is 1. The summed E-state index contributed by atoms with van der Waals surface area (Å²) < 4.78 is 0. The highest BCUT2D eigenvalue weighted by Crippen LogP contribution is 2.27. The molecule has 0 atom stereocenters. The molecule has 0 unspecified atom stereocenters. The zero-order valence-electron chi connectivity index (χ0n) is 8.17. The molecule has 0 amide bonds. The molecule has 0 bridgehead atoms. The van der Waals surface area contributed by atoms with Crippen molar-refractivity contribution in [2.45, 2.75) is 19.8 Å². The summed E-state index contributed by atoms with van der Waals surface area (Å²) in [6.45, 7) is 1.94. The van der Waals surface area contributed by atoms with Crippen LogP contribution in [0.5, 0.6) is 0 Å². The van der Waals surface area contributed by atoms with Crippen LogP contribution in [0.2, 0.25) is 0 Å². The minimum Gasteiger partial charge on any atom is -0.258 e. The van der Waals surface area contributed by atoms with Crippen molar-refractivity contribution in [2.24, 2.45) is 0 Å². The van der Waals surface area contributed by atoms with Crippen LogP contribution in [-0.4, -0.2) is 9.85 Å². The molecule has 0 N–H and O–H groups in total. The number of nitro benzene ring substituents is 2. The van der Waals surface area contributed by atoms with Gasteiger partial charge in [0, 0.05) is 12.1 Å². The standard InChI is InChI=1S/C9H10N2O4/c1-2-3-7-4-5-8(10(12)13)9(6-7)11(14)15/h4-6H,2-3H2,1H3. The van der Waals surface area contributed by atoms with Crippen LogP contribution < -0.4 is 0 Å². The number of hydrogen-bond acceptors (Lipinski definition) is 4. The van der Waals surface area contributed by atoms with Gasteiger partial charge in [-0.1, -0.05) is 19.4 Å². The monoisotopic (exact) mass is 210 g/mol. The third-order valence-electron chi connectivity index (χ3n) is 1.97. The van der Waals surface area contributed by atoms with Crippen LogP contribution in [0.1, 0.15) is 18.9 Å². The Labute approximate surface area is 85.8 Å². The van der Waals surface area contributed by atoms with Crippen LogP contribution in [0, 0.1) is 20.2 Å². The first-order chi connectivity index (χ1) is 7.06. The fraction of sp³-hybridized carbons (Fsp3) is 0.333. The Morgan fingerprint density at radius 2 is 1.73 bits per heavy atom. The van der Waals surface area contributed by atoms with Crippen molar-refractivity contribution in [3.8, 4) is 0 Å². The second kappa shape index (κ2) is 4.50. The van der Waals surface area contributed by atoms with Crippen molar-refractivity contribution in [3.05, 3.63) is 44.0 Å². The average Bonchev–Trinajstić information content (AvgIpc) is 2.17. The van der Waals surface area contributed by atoms with E-state index in [9.17, 15) is 20.2 Å². The summed E-state index contributed by atoms with van der Waals surface area (Å²) in [5.41, 5.74) is -0.152. The number of nitro groups is 2. The summed E-state index contributed by atoms with van der Waals surface area (Å²) in [6, 6.07) is 4.00. The van der Waals surface area contributed by atoms with Gasteiger partial charge in [0.15, 0.2) is 0 Å². The minimum atomic E-state index is -0.742. The first kappa shape index (κ1) is 11.1. The van der Waals surface area contributed by atoms with Gasteiger partial charge in [-0.05, 0) is 12.0 Å². The molecule has 0 heterocycles. The molecule has 6 nitrogen and oxygen atoms in total. The van der Waals surface area contributed by atoms with Crippen molar-refractivity contribution in [2.75, 3.05) is 0 Å². The Kier molecular flexibility index (Phi) is 3.33. The van der Waals surface area contributed by atoms with Gasteiger partial charge in [0.25, 0.3) is 0 Å². The van der Waals surface area contributed by atoms with Crippen molar-refractivity contribution < 1.29 is 9.85 Å². The summed E-state index contributed by atoms with van der Waals surface area (Å²) in [6.07, 6.45) is 1.52. The number of nitrogens with zero attached hydrogens (tertiary/aromatic N) is 2. The van der Waals surface area contributed by atoms with E-state index in [1.165, 1.54) is 12.1 Å². The van der Waals surface area contributed by atoms with E-state index in [1.807, 2.05) is 6.92 Å². The van der Waals surface area contributed by atoms with E-state index in [0.717, 1.165) is 12.0 Å². The van der Waals surface area contributed by atoms with E-state index in [1.54, 1.807) is 6.07 Å². The molecule has 0 radical (unpaired) electrons. The van der Waals surface area contributed by atoms with Crippen molar-refractivity contribution in [3.63, 3.8) is 0 Å². The van der Waals surface area contributed by atoms with E-state index in [2.05, 4.69) is 0 Å². The van der Waals surface area contributed by atoms with Gasteiger partial charge in [0.2, 0.25) is 0 Å². The van der Waals surface area contributed by atoms with Gasteiger partial charge < -0.3 is 0 Å². The zero-order chi connectivity index (χ0) is 11.4. The number of aryl methyl sites for hydroxylation is 1. The first-order valence-corrected chi connectivity index (χ1v) is 4.48. The molecule has 6 heteroatoms. The lowest BCUT2D eigenvalue weighted by atomic mass is 10.1. The lowest BCUT2D eigenvalue weighted by Crippen LogP contribution is -1.97. The summed E-state index contributed by atoms with van der Waals surface area (Å²) in [5.74, 6) is 0. The molecule has 15 heavy (non-hydrogen) atoms. The van der Waals surface area contributed by atoms with E-state index < -0.39 is 21.2 Å². The van der Waals surface area contributed by atoms with E-state index in [0.29, 0.717) is 6.42 Å². The quantitative estimate of drug-likeness (QED) is 0.564. The predicted octanol–water partition coefficient (Wildman–Crippen LogP) is 2.46. The Morgan fingerprint density at radius 1 is 1.13 bits per heavy atom. The number of hydrogen-bond donors (Lipinski definition) is 0. The van der Waals surface area contributed by atoms with Gasteiger partial charge in [-0.15, -0.1) is 0 Å². The van der Waals surface area contributed by atoms with Gasteiger partial charge in [-0.2, -0.15) is 0 Å². The smallest absolute Gasteiger partial charge is 0.258 e. The average molecular weight is 210 g/mol. The second-order valence-electron chi connectivity index (χ2n) is 3.09.